The molecule has 2 N–H and O–H groups in total. The molecule has 1 aliphatic rings. The van der Waals surface area contributed by atoms with Crippen molar-refractivity contribution in [3.05, 3.63) is 39.3 Å². The summed E-state index contributed by atoms with van der Waals surface area (Å²) in [5.41, 5.74) is 6.93. The second-order valence-electron chi connectivity index (χ2n) is 4.92. The Morgan fingerprint density at radius 2 is 2.40 bits per heavy atom. The summed E-state index contributed by atoms with van der Waals surface area (Å²) in [6.07, 6.45) is 2.85. The lowest BCUT2D eigenvalue weighted by atomic mass is 9.99. The zero-order valence-electron chi connectivity index (χ0n) is 11.2. The van der Waals surface area contributed by atoms with Gasteiger partial charge in [0.25, 0.3) is 0 Å². The van der Waals surface area contributed by atoms with Crippen LogP contribution in [0.15, 0.2) is 28.9 Å². The number of hydrogen-bond acceptors (Lipinski definition) is 5. The van der Waals surface area contributed by atoms with Crippen molar-refractivity contribution >= 4 is 32.4 Å². The van der Waals surface area contributed by atoms with E-state index in [9.17, 15) is 0 Å². The minimum atomic E-state index is 0.361. The van der Waals surface area contributed by atoms with Crippen molar-refractivity contribution in [2.45, 2.75) is 19.0 Å². The van der Waals surface area contributed by atoms with E-state index in [-0.39, 0.29) is 0 Å². The first-order valence-electron chi connectivity index (χ1n) is 6.46. The van der Waals surface area contributed by atoms with Crippen molar-refractivity contribution in [3.63, 3.8) is 0 Å². The second-order valence-corrected chi connectivity index (χ2v) is 6.98. The van der Waals surface area contributed by atoms with E-state index in [1.807, 2.05) is 18.3 Å². The Bertz CT molecular complexity index is 616. The number of thiazole rings is 1. The monoisotopic (exact) mass is 353 g/mol. The fraction of sp³-hybridized carbons (Fsp3) is 0.357. The van der Waals surface area contributed by atoms with E-state index in [2.05, 4.69) is 38.9 Å². The van der Waals surface area contributed by atoms with Crippen LogP contribution in [0.4, 0.5) is 5.13 Å². The number of nitrogens with two attached hydrogens (primary N) is 1. The smallest absolute Gasteiger partial charge is 0.180 e. The molecule has 0 aliphatic carbocycles. The Morgan fingerprint density at radius 3 is 3.15 bits per heavy atom. The minimum absolute atomic E-state index is 0.361. The van der Waals surface area contributed by atoms with E-state index in [0.717, 1.165) is 29.8 Å². The van der Waals surface area contributed by atoms with E-state index in [1.165, 1.54) is 10.4 Å². The molecule has 20 heavy (non-hydrogen) atoms. The SMILES string of the molecule is CN(Cc1cnc(N)s1)C1CCOc2ccc(Br)cc21. The van der Waals surface area contributed by atoms with Crippen LogP contribution in [0.25, 0.3) is 0 Å². The molecule has 0 spiro atoms. The number of rotatable bonds is 3. The van der Waals surface area contributed by atoms with Crippen LogP contribution in [0.3, 0.4) is 0 Å². The fourth-order valence-corrected chi connectivity index (χ4v) is 3.68. The number of benzene rings is 1. The lowest BCUT2D eigenvalue weighted by Crippen LogP contribution is -2.28. The highest BCUT2D eigenvalue weighted by Gasteiger charge is 2.25. The molecule has 3 rings (SSSR count). The molecule has 1 aliphatic heterocycles. The predicted octanol–water partition coefficient (Wildman–Crippen LogP) is 3.44. The summed E-state index contributed by atoms with van der Waals surface area (Å²) < 4.78 is 6.82. The zero-order chi connectivity index (χ0) is 14.1. The minimum Gasteiger partial charge on any atom is -0.493 e. The average molecular weight is 354 g/mol. The topological polar surface area (TPSA) is 51.4 Å². The molecule has 2 heterocycles. The number of nitrogens with zero attached hydrogens (tertiary/aromatic N) is 2. The molecule has 1 atom stereocenters. The van der Waals surface area contributed by atoms with Crippen molar-refractivity contribution in [1.82, 2.24) is 9.88 Å². The number of halogens is 1. The Labute approximate surface area is 130 Å². The third-order valence-corrected chi connectivity index (χ3v) is 4.79. The van der Waals surface area contributed by atoms with Crippen molar-refractivity contribution in [3.8, 4) is 5.75 Å². The van der Waals surface area contributed by atoms with Crippen LogP contribution in [-0.4, -0.2) is 23.5 Å². The highest BCUT2D eigenvalue weighted by molar-refractivity contribution is 9.10. The number of nitrogen functional groups attached to an aromatic ring is 1. The molecular weight excluding hydrogens is 338 g/mol. The van der Waals surface area contributed by atoms with Crippen LogP contribution in [0, 0.1) is 0 Å². The molecule has 2 aromatic rings. The van der Waals surface area contributed by atoms with Gasteiger partial charge in [-0.1, -0.05) is 15.9 Å². The molecule has 1 aromatic heterocycles. The van der Waals surface area contributed by atoms with Crippen molar-refractivity contribution in [1.29, 1.82) is 0 Å². The van der Waals surface area contributed by atoms with E-state index < -0.39 is 0 Å². The molecule has 106 valence electrons. The Balaban J connectivity index is 1.82. The van der Waals surface area contributed by atoms with Gasteiger partial charge < -0.3 is 10.5 Å². The molecule has 0 saturated heterocycles. The van der Waals surface area contributed by atoms with Crippen LogP contribution in [0.1, 0.15) is 22.9 Å². The summed E-state index contributed by atoms with van der Waals surface area (Å²) in [5.74, 6) is 0.986. The van der Waals surface area contributed by atoms with Gasteiger partial charge in [0.2, 0.25) is 0 Å². The van der Waals surface area contributed by atoms with Gasteiger partial charge in [-0.05, 0) is 25.2 Å². The highest BCUT2D eigenvalue weighted by Crippen LogP contribution is 2.37. The number of aromatic nitrogens is 1. The first-order chi connectivity index (χ1) is 9.63. The van der Waals surface area contributed by atoms with E-state index in [0.29, 0.717) is 11.2 Å². The molecule has 0 amide bonds. The van der Waals surface area contributed by atoms with Crippen LogP contribution < -0.4 is 10.5 Å². The first-order valence-corrected chi connectivity index (χ1v) is 8.07. The summed E-state index contributed by atoms with van der Waals surface area (Å²) in [6, 6.07) is 6.56. The zero-order valence-corrected chi connectivity index (χ0v) is 13.6. The van der Waals surface area contributed by atoms with Crippen molar-refractivity contribution < 1.29 is 4.74 Å². The fourth-order valence-electron chi connectivity index (χ4n) is 2.56. The van der Waals surface area contributed by atoms with Crippen LogP contribution in [0.2, 0.25) is 0 Å². The van der Waals surface area contributed by atoms with Gasteiger partial charge in [-0.25, -0.2) is 4.98 Å². The van der Waals surface area contributed by atoms with Crippen LogP contribution >= 0.6 is 27.3 Å². The normalized spacial score (nSPS) is 17.9. The first kappa shape index (κ1) is 13.9. The predicted molar refractivity (Wildman–Crippen MR) is 85.0 cm³/mol. The Kier molecular flexibility index (Phi) is 3.96. The summed E-state index contributed by atoms with van der Waals surface area (Å²) in [6.45, 7) is 1.61. The van der Waals surface area contributed by atoms with E-state index in [1.54, 1.807) is 11.3 Å². The van der Waals surface area contributed by atoms with Gasteiger partial charge in [0.15, 0.2) is 5.13 Å². The highest BCUT2D eigenvalue weighted by atomic mass is 79.9. The summed E-state index contributed by atoms with van der Waals surface area (Å²) in [4.78, 5) is 7.63. The Hall–Kier alpha value is -1.11. The number of ether oxygens (including phenoxy) is 1. The number of hydrogen-bond donors (Lipinski definition) is 1. The maximum Gasteiger partial charge on any atom is 0.180 e. The molecule has 4 nitrogen and oxygen atoms in total. The van der Waals surface area contributed by atoms with Crippen molar-refractivity contribution in [2.75, 3.05) is 19.4 Å². The summed E-state index contributed by atoms with van der Waals surface area (Å²) in [7, 11) is 2.14. The summed E-state index contributed by atoms with van der Waals surface area (Å²) in [5, 5.41) is 0.628. The van der Waals surface area contributed by atoms with Gasteiger partial charge in [0.1, 0.15) is 5.75 Å². The van der Waals surface area contributed by atoms with Gasteiger partial charge in [0.05, 0.1) is 6.61 Å². The maximum atomic E-state index is 5.74. The van der Waals surface area contributed by atoms with Crippen LogP contribution in [0.5, 0.6) is 5.75 Å². The third kappa shape index (κ3) is 2.82. The standard InChI is InChI=1S/C14H16BrN3OS/c1-18(8-10-7-17-14(16)20-10)12-4-5-19-13-3-2-9(15)6-11(12)13/h2-3,6-7,12H,4-5,8H2,1H3,(H2,16,17). The third-order valence-electron chi connectivity index (χ3n) is 3.49. The van der Waals surface area contributed by atoms with Crippen molar-refractivity contribution in [2.24, 2.45) is 0 Å². The molecule has 0 bridgehead atoms. The molecule has 0 radical (unpaired) electrons. The van der Waals surface area contributed by atoms with E-state index in [4.69, 9.17) is 10.5 Å². The van der Waals surface area contributed by atoms with Crippen LogP contribution in [-0.2, 0) is 6.54 Å². The lowest BCUT2D eigenvalue weighted by Gasteiger charge is -2.33. The second kappa shape index (κ2) is 5.71. The van der Waals surface area contributed by atoms with Gasteiger partial charge in [-0.15, -0.1) is 11.3 Å². The Morgan fingerprint density at radius 1 is 1.55 bits per heavy atom. The lowest BCUT2D eigenvalue weighted by molar-refractivity contribution is 0.161. The molecule has 0 fully saturated rings. The molecule has 0 saturated carbocycles. The summed E-state index contributed by atoms with van der Waals surface area (Å²) >= 11 is 5.09. The molecule has 6 heteroatoms. The number of anilines is 1. The largest absolute Gasteiger partial charge is 0.493 e. The van der Waals surface area contributed by atoms with E-state index >= 15 is 0 Å². The van der Waals surface area contributed by atoms with Gasteiger partial charge >= 0.3 is 0 Å². The molecular formula is C14H16BrN3OS. The van der Waals surface area contributed by atoms with Gasteiger partial charge in [-0.2, -0.15) is 0 Å². The quantitative estimate of drug-likeness (QED) is 0.917. The van der Waals surface area contributed by atoms with Gasteiger partial charge in [0, 0.05) is 40.1 Å². The number of fused-ring (bicyclic) bond motifs is 1. The molecule has 1 unspecified atom stereocenters. The van der Waals surface area contributed by atoms with Gasteiger partial charge in [-0.3, -0.25) is 4.90 Å². The maximum absolute atomic E-state index is 5.74. The molecule has 1 aromatic carbocycles. The average Bonchev–Trinajstić information content (AvgIpc) is 2.83.